The number of nitrogens with one attached hydrogen (secondary N) is 2. The minimum Gasteiger partial charge on any atom is -0.406 e. The van der Waals surface area contributed by atoms with Gasteiger partial charge in [0.25, 0.3) is 5.56 Å². The predicted octanol–water partition coefficient (Wildman–Crippen LogP) is 3.66. The van der Waals surface area contributed by atoms with Crippen molar-refractivity contribution in [1.82, 2.24) is 25.3 Å². The first-order valence-electron chi connectivity index (χ1n) is 12.4. The Labute approximate surface area is 214 Å². The molecular weight excluding hydrogens is 505 g/mol. The summed E-state index contributed by atoms with van der Waals surface area (Å²) in [6.07, 6.45) is 0.459. The first-order chi connectivity index (χ1) is 18.2. The number of ether oxygens (including phenoxy) is 1. The molecule has 2 saturated carbocycles. The van der Waals surface area contributed by atoms with Crippen LogP contribution in [-0.4, -0.2) is 57.1 Å². The van der Waals surface area contributed by atoms with Gasteiger partial charge in [-0.05, 0) is 43.7 Å². The van der Waals surface area contributed by atoms with Gasteiger partial charge in [-0.2, -0.15) is 0 Å². The molecule has 0 spiro atoms. The Kier molecular flexibility index (Phi) is 6.00. The van der Waals surface area contributed by atoms with Gasteiger partial charge >= 0.3 is 12.4 Å². The Balaban J connectivity index is 1.11. The number of urea groups is 1. The van der Waals surface area contributed by atoms with Gasteiger partial charge in [0.05, 0.1) is 12.6 Å². The van der Waals surface area contributed by atoms with Crippen LogP contribution in [0, 0.1) is 5.92 Å². The summed E-state index contributed by atoms with van der Waals surface area (Å²) in [4.78, 5) is 36.3. The van der Waals surface area contributed by atoms with Crippen molar-refractivity contribution in [3.05, 3.63) is 58.7 Å². The van der Waals surface area contributed by atoms with Gasteiger partial charge < -0.3 is 24.4 Å². The molecule has 0 bridgehead atoms. The minimum atomic E-state index is -4.80. The lowest BCUT2D eigenvalue weighted by atomic mass is 10.0. The number of benzene rings is 1. The number of hydrogen-bond donors (Lipinski definition) is 2. The van der Waals surface area contributed by atoms with Crippen molar-refractivity contribution in [3.8, 4) is 17.0 Å². The van der Waals surface area contributed by atoms with Gasteiger partial charge in [0.2, 0.25) is 5.95 Å². The highest BCUT2D eigenvalue weighted by atomic mass is 19.4. The maximum Gasteiger partial charge on any atom is 0.573 e. The van der Waals surface area contributed by atoms with E-state index in [0.717, 1.165) is 25.7 Å². The van der Waals surface area contributed by atoms with E-state index < -0.39 is 6.36 Å². The van der Waals surface area contributed by atoms with E-state index in [1.165, 1.54) is 30.5 Å². The summed E-state index contributed by atoms with van der Waals surface area (Å²) in [5, 5.41) is 6.84. The standard InChI is InChI=1S/C25H25F3N6O4/c26-25(27,28)37-18-3-1-2-14(9-18)20-11-19(38-32-20)12-30-24(36)34(16-4-5-16)17-8-15-10-21(15)33(13-17)23-29-7-6-22(35)31-23/h1-3,6-7,9,11,15-17,21H,4-5,8,10,12-13H2,(H,30,36)(H,29,31,35)/t15?,17-,21?/m1/s1. The van der Waals surface area contributed by atoms with Crippen LogP contribution in [-0.2, 0) is 6.54 Å². The van der Waals surface area contributed by atoms with Crippen LogP contribution < -0.4 is 20.5 Å². The van der Waals surface area contributed by atoms with E-state index in [-0.39, 0.29) is 36.0 Å². The molecule has 2 N–H and O–H groups in total. The molecule has 13 heteroatoms. The number of nitrogens with zero attached hydrogens (tertiary/aromatic N) is 4. The lowest BCUT2D eigenvalue weighted by Gasteiger charge is -2.39. The second-order valence-corrected chi connectivity index (χ2v) is 9.91. The van der Waals surface area contributed by atoms with Gasteiger partial charge in [0, 0.05) is 42.5 Å². The molecule has 3 heterocycles. The number of aromatic nitrogens is 3. The van der Waals surface area contributed by atoms with Gasteiger partial charge in [-0.25, -0.2) is 9.78 Å². The lowest BCUT2D eigenvalue weighted by molar-refractivity contribution is -0.274. The molecule has 3 fully saturated rings. The van der Waals surface area contributed by atoms with E-state index in [1.54, 1.807) is 12.1 Å². The summed E-state index contributed by atoms with van der Waals surface area (Å²) in [5.74, 6) is 0.985. The molecule has 3 aromatic rings. The summed E-state index contributed by atoms with van der Waals surface area (Å²) in [6.45, 7) is 0.657. The smallest absolute Gasteiger partial charge is 0.406 e. The number of amides is 2. The fourth-order valence-electron chi connectivity index (χ4n) is 5.23. The minimum absolute atomic E-state index is 0.0292. The molecule has 200 valence electrons. The van der Waals surface area contributed by atoms with Crippen LogP contribution in [0.15, 0.2) is 51.9 Å². The van der Waals surface area contributed by atoms with Crippen molar-refractivity contribution in [2.45, 2.75) is 56.7 Å². The van der Waals surface area contributed by atoms with E-state index >= 15 is 0 Å². The van der Waals surface area contributed by atoms with Crippen LogP contribution in [0.25, 0.3) is 11.3 Å². The predicted molar refractivity (Wildman–Crippen MR) is 128 cm³/mol. The maximum absolute atomic E-state index is 13.3. The lowest BCUT2D eigenvalue weighted by Crippen LogP contribution is -2.54. The largest absolute Gasteiger partial charge is 0.573 e. The van der Waals surface area contributed by atoms with Crippen LogP contribution in [0.4, 0.5) is 23.9 Å². The van der Waals surface area contributed by atoms with Crippen LogP contribution in [0.1, 0.15) is 31.4 Å². The highest BCUT2D eigenvalue weighted by Gasteiger charge is 2.51. The summed E-state index contributed by atoms with van der Waals surface area (Å²) < 4.78 is 46.9. The Morgan fingerprint density at radius 3 is 2.82 bits per heavy atom. The van der Waals surface area contributed by atoms with Gasteiger partial charge in [-0.15, -0.1) is 13.2 Å². The molecule has 0 radical (unpaired) electrons. The Morgan fingerprint density at radius 1 is 1.21 bits per heavy atom. The second-order valence-electron chi connectivity index (χ2n) is 9.91. The average molecular weight is 531 g/mol. The van der Waals surface area contributed by atoms with Crippen molar-refractivity contribution in [3.63, 3.8) is 0 Å². The molecular formula is C25H25F3N6O4. The third kappa shape index (κ3) is 5.31. The van der Waals surface area contributed by atoms with Crippen LogP contribution in [0.2, 0.25) is 0 Å². The van der Waals surface area contributed by atoms with Gasteiger partial charge in [-0.1, -0.05) is 17.3 Å². The molecule has 6 rings (SSSR count). The quantitative estimate of drug-likeness (QED) is 0.479. The molecule has 2 aliphatic carbocycles. The molecule has 38 heavy (non-hydrogen) atoms. The second kappa shape index (κ2) is 9.37. The number of anilines is 1. The zero-order valence-corrected chi connectivity index (χ0v) is 20.1. The first-order valence-corrected chi connectivity index (χ1v) is 12.4. The number of carbonyl (C=O) groups is 1. The molecule has 10 nitrogen and oxygen atoms in total. The zero-order valence-electron chi connectivity index (χ0n) is 20.1. The number of halogens is 3. The van der Waals surface area contributed by atoms with Gasteiger partial charge in [0.15, 0.2) is 5.76 Å². The molecule has 3 aliphatic rings. The highest BCUT2D eigenvalue weighted by Crippen LogP contribution is 2.46. The number of alkyl halides is 3. The average Bonchev–Trinajstić information content (AvgIpc) is 3.79. The SMILES string of the molecule is O=C(NCc1cc(-c2cccc(OC(F)(F)F)c2)no1)N(C1CC1)[C@@H]1CC2CC2N(c2nccc(=O)[nH]2)C1. The number of fused-ring (bicyclic) bond motifs is 1. The Hall–Kier alpha value is -4.03. The van der Waals surface area contributed by atoms with E-state index in [1.807, 2.05) is 4.90 Å². The molecule has 1 saturated heterocycles. The van der Waals surface area contributed by atoms with Gasteiger partial charge in [-0.3, -0.25) is 9.78 Å². The fourth-order valence-corrected chi connectivity index (χ4v) is 5.23. The molecule has 2 unspecified atom stereocenters. The summed E-state index contributed by atoms with van der Waals surface area (Å²) in [5.41, 5.74) is 0.506. The van der Waals surface area contributed by atoms with E-state index in [9.17, 15) is 22.8 Å². The Morgan fingerprint density at radius 2 is 2.05 bits per heavy atom. The van der Waals surface area contributed by atoms with Crippen molar-refractivity contribution in [1.29, 1.82) is 0 Å². The molecule has 1 aliphatic heterocycles. The number of rotatable bonds is 7. The van der Waals surface area contributed by atoms with Crippen LogP contribution in [0.3, 0.4) is 0 Å². The highest BCUT2D eigenvalue weighted by molar-refractivity contribution is 5.75. The van der Waals surface area contributed by atoms with Gasteiger partial charge in [0.1, 0.15) is 11.4 Å². The maximum atomic E-state index is 13.3. The van der Waals surface area contributed by atoms with Crippen LogP contribution in [0.5, 0.6) is 5.75 Å². The monoisotopic (exact) mass is 530 g/mol. The van der Waals surface area contributed by atoms with E-state index in [2.05, 4.69) is 30.1 Å². The fraction of sp³-hybridized carbons (Fsp3) is 0.440. The topological polar surface area (TPSA) is 117 Å². The summed E-state index contributed by atoms with van der Waals surface area (Å²) in [6, 6.07) is 8.62. The molecule has 1 aromatic carbocycles. The third-order valence-corrected chi connectivity index (χ3v) is 7.10. The Bertz CT molecular complexity index is 1390. The van der Waals surface area contributed by atoms with Crippen molar-refractivity contribution in [2.75, 3.05) is 11.4 Å². The number of carbonyl (C=O) groups excluding carboxylic acids is 1. The number of hydrogen-bond acceptors (Lipinski definition) is 7. The van der Waals surface area contributed by atoms with Crippen LogP contribution >= 0.6 is 0 Å². The molecule has 3 atom stereocenters. The summed E-state index contributed by atoms with van der Waals surface area (Å²) >= 11 is 0. The van der Waals surface area contributed by atoms with Crippen molar-refractivity contribution < 1.29 is 27.2 Å². The summed E-state index contributed by atoms with van der Waals surface area (Å²) in [7, 11) is 0. The van der Waals surface area contributed by atoms with Crippen molar-refractivity contribution in [2.24, 2.45) is 5.92 Å². The zero-order chi connectivity index (χ0) is 26.4. The first kappa shape index (κ1) is 24.3. The molecule has 2 amide bonds. The van der Waals surface area contributed by atoms with Crippen molar-refractivity contribution >= 4 is 12.0 Å². The van der Waals surface area contributed by atoms with E-state index in [0.29, 0.717) is 41.5 Å². The number of aromatic amines is 1. The molecule has 2 aromatic heterocycles. The number of H-pyrrole nitrogens is 1. The number of piperidine rings is 1. The normalized spacial score (nSPS) is 22.5. The van der Waals surface area contributed by atoms with E-state index in [4.69, 9.17) is 4.52 Å². The third-order valence-electron chi connectivity index (χ3n) is 7.10.